The lowest BCUT2D eigenvalue weighted by Gasteiger charge is -2.29. The predicted molar refractivity (Wildman–Crippen MR) is 127 cm³/mol. The summed E-state index contributed by atoms with van der Waals surface area (Å²) in [5.74, 6) is 3.92. The van der Waals surface area contributed by atoms with Gasteiger partial charge in [0.05, 0.1) is 29.5 Å². The third-order valence-electron chi connectivity index (χ3n) is 6.77. The van der Waals surface area contributed by atoms with E-state index in [1.807, 2.05) is 44.6 Å². The third kappa shape index (κ3) is 3.96. The maximum absolute atomic E-state index is 5.76. The van der Waals surface area contributed by atoms with Crippen LogP contribution in [0.25, 0.3) is 22.3 Å². The van der Waals surface area contributed by atoms with E-state index in [0.717, 1.165) is 53.0 Å². The summed E-state index contributed by atoms with van der Waals surface area (Å²) < 4.78 is 5.76. The molecule has 168 valence electrons. The van der Waals surface area contributed by atoms with Crippen molar-refractivity contribution in [1.82, 2.24) is 24.9 Å². The molecule has 0 atom stereocenters. The van der Waals surface area contributed by atoms with Crippen LogP contribution < -0.4 is 4.90 Å². The minimum Gasteiger partial charge on any atom is -0.445 e. The number of hydrogen-bond donors (Lipinski definition) is 0. The monoisotopic (exact) mass is 440 g/mol. The van der Waals surface area contributed by atoms with Crippen LogP contribution in [-0.4, -0.2) is 38.0 Å². The van der Waals surface area contributed by atoms with Gasteiger partial charge in [-0.2, -0.15) is 0 Å². The fourth-order valence-corrected chi connectivity index (χ4v) is 4.74. The van der Waals surface area contributed by atoms with Gasteiger partial charge in [0.1, 0.15) is 11.6 Å². The van der Waals surface area contributed by atoms with Gasteiger partial charge in [-0.1, -0.05) is 0 Å². The standard InChI is InChI=1S/C26H28N6O/c1-16-17(2)33-23(29-16)13-20-12-19(8-9-28-20)25-30-22-15-27-14-21(18-6-7-18)24(22)26(31-25)32-10-4-3-5-11-32/h8-9,12,14-15,18H,3-7,10-11,13H2,1-2H3. The van der Waals surface area contributed by atoms with E-state index in [1.165, 1.54) is 43.1 Å². The van der Waals surface area contributed by atoms with Gasteiger partial charge in [0, 0.05) is 36.4 Å². The molecule has 0 radical (unpaired) electrons. The predicted octanol–water partition coefficient (Wildman–Crippen LogP) is 5.15. The maximum atomic E-state index is 5.76. The summed E-state index contributed by atoms with van der Waals surface area (Å²) in [6.07, 6.45) is 12.4. The Hall–Kier alpha value is -3.35. The van der Waals surface area contributed by atoms with Crippen LogP contribution in [0, 0.1) is 13.8 Å². The molecule has 0 bridgehead atoms. The summed E-state index contributed by atoms with van der Waals surface area (Å²) in [5.41, 5.74) is 5.01. The number of hydrogen-bond acceptors (Lipinski definition) is 7. The summed E-state index contributed by atoms with van der Waals surface area (Å²) in [4.78, 5) is 26.2. The van der Waals surface area contributed by atoms with Crippen molar-refractivity contribution in [2.24, 2.45) is 0 Å². The molecule has 7 heteroatoms. The Morgan fingerprint density at radius 2 is 1.88 bits per heavy atom. The van der Waals surface area contributed by atoms with Gasteiger partial charge in [-0.15, -0.1) is 0 Å². The number of anilines is 1. The quantitative estimate of drug-likeness (QED) is 0.424. The number of pyridine rings is 2. The summed E-state index contributed by atoms with van der Waals surface area (Å²) in [6.45, 7) is 5.98. The first-order valence-electron chi connectivity index (χ1n) is 11.9. The highest BCUT2D eigenvalue weighted by atomic mass is 16.4. The number of fused-ring (bicyclic) bond motifs is 1. The number of piperidine rings is 1. The molecule has 1 aliphatic heterocycles. The third-order valence-corrected chi connectivity index (χ3v) is 6.77. The van der Waals surface area contributed by atoms with Crippen LogP contribution in [0.4, 0.5) is 5.82 Å². The van der Waals surface area contributed by atoms with Crippen LogP contribution in [0.15, 0.2) is 35.1 Å². The highest BCUT2D eigenvalue weighted by Crippen LogP contribution is 2.45. The van der Waals surface area contributed by atoms with Crippen molar-refractivity contribution in [3.05, 3.63) is 59.3 Å². The zero-order valence-corrected chi connectivity index (χ0v) is 19.2. The van der Waals surface area contributed by atoms with E-state index >= 15 is 0 Å². The SMILES string of the molecule is Cc1nc(Cc2cc(-c3nc(N4CCCCC4)c4c(C5CC5)cncc4n3)ccn2)oc1C. The second-order valence-corrected chi connectivity index (χ2v) is 9.28. The summed E-state index contributed by atoms with van der Waals surface area (Å²) in [5, 5.41) is 1.19. The molecule has 0 aromatic carbocycles. The van der Waals surface area contributed by atoms with Crippen molar-refractivity contribution < 1.29 is 4.42 Å². The number of oxazole rings is 1. The Kier molecular flexibility index (Phi) is 5.04. The topological polar surface area (TPSA) is 80.8 Å². The summed E-state index contributed by atoms with van der Waals surface area (Å²) in [7, 11) is 0. The van der Waals surface area contributed by atoms with Crippen LogP contribution in [0.3, 0.4) is 0 Å². The van der Waals surface area contributed by atoms with Crippen molar-refractivity contribution >= 4 is 16.7 Å². The lowest BCUT2D eigenvalue weighted by Crippen LogP contribution is -2.30. The lowest BCUT2D eigenvalue weighted by molar-refractivity contribution is 0.479. The summed E-state index contributed by atoms with van der Waals surface area (Å²) >= 11 is 0. The number of aryl methyl sites for hydroxylation is 2. The second kappa shape index (κ2) is 8.21. The highest BCUT2D eigenvalue weighted by Gasteiger charge is 2.29. The molecule has 0 N–H and O–H groups in total. The number of aromatic nitrogens is 5. The van der Waals surface area contributed by atoms with Gasteiger partial charge in [0.25, 0.3) is 0 Å². The molecule has 1 aliphatic carbocycles. The van der Waals surface area contributed by atoms with E-state index < -0.39 is 0 Å². The number of nitrogens with zero attached hydrogens (tertiary/aromatic N) is 6. The fraction of sp³-hybridized carbons (Fsp3) is 0.423. The molecule has 4 aromatic heterocycles. The van der Waals surface area contributed by atoms with Gasteiger partial charge in [0.15, 0.2) is 5.82 Å². The largest absolute Gasteiger partial charge is 0.445 e. The maximum Gasteiger partial charge on any atom is 0.200 e. The first kappa shape index (κ1) is 20.3. The van der Waals surface area contributed by atoms with Gasteiger partial charge >= 0.3 is 0 Å². The molecule has 33 heavy (non-hydrogen) atoms. The molecule has 6 rings (SSSR count). The van der Waals surface area contributed by atoms with Crippen LogP contribution in [0.5, 0.6) is 0 Å². The molecule has 1 saturated carbocycles. The Bertz CT molecular complexity index is 1300. The van der Waals surface area contributed by atoms with E-state index in [1.54, 1.807) is 0 Å². The smallest absolute Gasteiger partial charge is 0.200 e. The molecular weight excluding hydrogens is 412 g/mol. The van der Waals surface area contributed by atoms with Gasteiger partial charge in [-0.3, -0.25) is 9.97 Å². The Morgan fingerprint density at radius 1 is 1.03 bits per heavy atom. The Balaban J connectivity index is 1.43. The summed E-state index contributed by atoms with van der Waals surface area (Å²) in [6, 6.07) is 4.03. The molecule has 0 spiro atoms. The van der Waals surface area contributed by atoms with Crippen LogP contribution in [0.2, 0.25) is 0 Å². The molecule has 2 aliphatic rings. The van der Waals surface area contributed by atoms with Crippen LogP contribution in [-0.2, 0) is 6.42 Å². The Labute approximate surface area is 193 Å². The first-order chi connectivity index (χ1) is 16.2. The van der Waals surface area contributed by atoms with E-state index in [0.29, 0.717) is 18.2 Å². The van der Waals surface area contributed by atoms with Gasteiger partial charge in [-0.05, 0) is 69.6 Å². The van der Waals surface area contributed by atoms with Crippen molar-refractivity contribution in [3.63, 3.8) is 0 Å². The second-order valence-electron chi connectivity index (χ2n) is 9.28. The van der Waals surface area contributed by atoms with Gasteiger partial charge < -0.3 is 9.32 Å². The average Bonchev–Trinajstić information content (AvgIpc) is 3.64. The lowest BCUT2D eigenvalue weighted by atomic mass is 10.1. The Morgan fingerprint density at radius 3 is 2.64 bits per heavy atom. The van der Waals surface area contributed by atoms with Crippen molar-refractivity contribution in [2.75, 3.05) is 18.0 Å². The van der Waals surface area contributed by atoms with Crippen molar-refractivity contribution in [3.8, 4) is 11.4 Å². The van der Waals surface area contributed by atoms with Gasteiger partial charge in [0.2, 0.25) is 5.89 Å². The number of rotatable bonds is 5. The molecule has 5 heterocycles. The molecular formula is C26H28N6O. The van der Waals surface area contributed by atoms with Crippen LogP contribution in [0.1, 0.15) is 66.6 Å². The highest BCUT2D eigenvalue weighted by molar-refractivity contribution is 5.94. The molecule has 0 unspecified atom stereocenters. The van der Waals surface area contributed by atoms with E-state index in [9.17, 15) is 0 Å². The van der Waals surface area contributed by atoms with E-state index in [-0.39, 0.29) is 0 Å². The minimum atomic E-state index is 0.544. The molecule has 1 saturated heterocycles. The van der Waals surface area contributed by atoms with Crippen LogP contribution >= 0.6 is 0 Å². The minimum absolute atomic E-state index is 0.544. The average molecular weight is 441 g/mol. The molecule has 0 amide bonds. The van der Waals surface area contributed by atoms with E-state index in [2.05, 4.69) is 19.9 Å². The first-order valence-corrected chi connectivity index (χ1v) is 11.9. The molecule has 4 aromatic rings. The normalized spacial score (nSPS) is 16.5. The molecule has 7 nitrogen and oxygen atoms in total. The molecule has 2 fully saturated rings. The van der Waals surface area contributed by atoms with Gasteiger partial charge in [-0.25, -0.2) is 15.0 Å². The zero-order chi connectivity index (χ0) is 22.4. The fourth-order valence-electron chi connectivity index (χ4n) is 4.74. The zero-order valence-electron chi connectivity index (χ0n) is 19.2. The van der Waals surface area contributed by atoms with Crippen molar-refractivity contribution in [2.45, 2.75) is 58.3 Å². The van der Waals surface area contributed by atoms with E-state index in [4.69, 9.17) is 14.4 Å². The van der Waals surface area contributed by atoms with Crippen molar-refractivity contribution in [1.29, 1.82) is 0 Å².